The summed E-state index contributed by atoms with van der Waals surface area (Å²) in [6, 6.07) is 1.79. The van der Waals surface area contributed by atoms with Gasteiger partial charge in [-0.3, -0.25) is 4.79 Å². The molecule has 12 heavy (non-hydrogen) atoms. The van der Waals surface area contributed by atoms with Gasteiger partial charge in [0.25, 0.3) is 0 Å². The first-order valence-corrected chi connectivity index (χ1v) is 4.68. The summed E-state index contributed by atoms with van der Waals surface area (Å²) in [6.07, 6.45) is 0. The molecule has 2 nitrogen and oxygen atoms in total. The molecule has 1 rings (SSSR count). The molecule has 0 aliphatic heterocycles. The lowest BCUT2D eigenvalue weighted by Crippen LogP contribution is -2.20. The van der Waals surface area contributed by atoms with Gasteiger partial charge in [0.1, 0.15) is 0 Å². The Morgan fingerprint density at radius 3 is 2.42 bits per heavy atom. The average Bonchev–Trinajstić information content (AvgIpc) is 2.31. The number of nitrogen functional groups attached to an aromatic ring is 1. The van der Waals surface area contributed by atoms with Crippen molar-refractivity contribution in [3.05, 3.63) is 17.0 Å². The number of hydrogen-bond donors (Lipinski definition) is 1. The van der Waals surface area contributed by atoms with Crippen LogP contribution < -0.4 is 5.73 Å². The summed E-state index contributed by atoms with van der Waals surface area (Å²) >= 11 is 1.41. The van der Waals surface area contributed by atoms with Crippen LogP contribution in [0.25, 0.3) is 0 Å². The van der Waals surface area contributed by atoms with Crippen LogP contribution in [0, 0.1) is 5.41 Å². The van der Waals surface area contributed by atoms with E-state index in [1.165, 1.54) is 11.3 Å². The summed E-state index contributed by atoms with van der Waals surface area (Å²) in [6.45, 7) is 5.69. The third-order valence-electron chi connectivity index (χ3n) is 1.62. The molecule has 0 aromatic carbocycles. The Balaban J connectivity index is 3.01. The molecule has 66 valence electrons. The molecule has 0 atom stereocenters. The fourth-order valence-electron chi connectivity index (χ4n) is 0.913. The number of hydrogen-bond acceptors (Lipinski definition) is 3. The molecule has 3 heteroatoms. The van der Waals surface area contributed by atoms with E-state index in [2.05, 4.69) is 0 Å². The molecule has 0 saturated heterocycles. The molecule has 0 aliphatic carbocycles. The Kier molecular flexibility index (Phi) is 2.24. The minimum absolute atomic E-state index is 0.112. The molecule has 2 N–H and O–H groups in total. The Hall–Kier alpha value is -0.830. The summed E-state index contributed by atoms with van der Waals surface area (Å²) in [5.41, 5.74) is 5.96. The topological polar surface area (TPSA) is 43.1 Å². The van der Waals surface area contributed by atoms with Crippen molar-refractivity contribution >= 4 is 22.1 Å². The minimum atomic E-state index is -0.338. The highest BCUT2D eigenvalue weighted by molar-refractivity contribution is 7.14. The van der Waals surface area contributed by atoms with E-state index in [1.54, 1.807) is 6.07 Å². The number of nitrogens with two attached hydrogens (primary N) is 1. The van der Waals surface area contributed by atoms with Crippen LogP contribution in [0.5, 0.6) is 0 Å². The van der Waals surface area contributed by atoms with E-state index in [0.29, 0.717) is 10.6 Å². The van der Waals surface area contributed by atoms with Gasteiger partial charge < -0.3 is 5.73 Å². The standard InChI is InChI=1S/C9H13NOS/c1-9(2,3)7(11)6-4-5-12-8(6)10/h4-5H,10H2,1-3H3. The quantitative estimate of drug-likeness (QED) is 0.680. The van der Waals surface area contributed by atoms with Gasteiger partial charge in [-0.25, -0.2) is 0 Å². The van der Waals surface area contributed by atoms with Crippen molar-refractivity contribution in [1.82, 2.24) is 0 Å². The first-order chi connectivity index (χ1) is 5.43. The third-order valence-corrected chi connectivity index (χ3v) is 2.37. The van der Waals surface area contributed by atoms with Crippen molar-refractivity contribution < 1.29 is 4.79 Å². The molecular formula is C9H13NOS. The van der Waals surface area contributed by atoms with Crippen LogP contribution in [0.2, 0.25) is 0 Å². The van der Waals surface area contributed by atoms with E-state index in [0.717, 1.165) is 0 Å². The predicted octanol–water partition coefficient (Wildman–Crippen LogP) is 2.56. The van der Waals surface area contributed by atoms with Gasteiger partial charge >= 0.3 is 0 Å². The second-order valence-electron chi connectivity index (χ2n) is 3.78. The van der Waals surface area contributed by atoms with Gasteiger partial charge in [-0.15, -0.1) is 11.3 Å². The maximum Gasteiger partial charge on any atom is 0.171 e. The lowest BCUT2D eigenvalue weighted by Gasteiger charge is -2.15. The number of carbonyl (C=O) groups excluding carboxylic acids is 1. The third kappa shape index (κ3) is 1.67. The normalized spacial score (nSPS) is 11.6. The van der Waals surface area contributed by atoms with Gasteiger partial charge in [-0.05, 0) is 11.4 Å². The van der Waals surface area contributed by atoms with Gasteiger partial charge in [0.05, 0.1) is 10.6 Å². The predicted molar refractivity (Wildman–Crippen MR) is 52.5 cm³/mol. The van der Waals surface area contributed by atoms with Crippen LogP contribution in [0.15, 0.2) is 11.4 Å². The Morgan fingerprint density at radius 2 is 2.08 bits per heavy atom. The van der Waals surface area contributed by atoms with Crippen molar-refractivity contribution in [3.8, 4) is 0 Å². The zero-order valence-corrected chi connectivity index (χ0v) is 8.37. The van der Waals surface area contributed by atoms with Crippen LogP contribution in [-0.2, 0) is 0 Å². The zero-order valence-electron chi connectivity index (χ0n) is 7.55. The van der Waals surface area contributed by atoms with Gasteiger partial charge in [0.2, 0.25) is 0 Å². The molecule has 0 amide bonds. The molecule has 0 radical (unpaired) electrons. The molecule has 1 aromatic rings. The first-order valence-electron chi connectivity index (χ1n) is 3.80. The molecule has 0 saturated carbocycles. The molecule has 1 aromatic heterocycles. The van der Waals surface area contributed by atoms with Gasteiger partial charge in [0, 0.05) is 5.41 Å². The molecule has 0 aliphatic rings. The highest BCUT2D eigenvalue weighted by atomic mass is 32.1. The smallest absolute Gasteiger partial charge is 0.171 e. The van der Waals surface area contributed by atoms with E-state index in [1.807, 2.05) is 26.2 Å². The van der Waals surface area contributed by atoms with E-state index in [4.69, 9.17) is 5.73 Å². The number of carbonyl (C=O) groups is 1. The number of rotatable bonds is 1. The van der Waals surface area contributed by atoms with E-state index in [-0.39, 0.29) is 11.2 Å². The molecule has 0 bridgehead atoms. The minimum Gasteiger partial charge on any atom is -0.390 e. The largest absolute Gasteiger partial charge is 0.390 e. The molecule has 0 unspecified atom stereocenters. The van der Waals surface area contributed by atoms with Crippen molar-refractivity contribution in [3.63, 3.8) is 0 Å². The van der Waals surface area contributed by atoms with E-state index < -0.39 is 0 Å². The number of ketones is 1. The molecule has 1 heterocycles. The average molecular weight is 183 g/mol. The summed E-state index contributed by atoms with van der Waals surface area (Å²) in [4.78, 5) is 11.7. The maximum atomic E-state index is 11.7. The maximum absolute atomic E-state index is 11.7. The summed E-state index contributed by atoms with van der Waals surface area (Å²) in [7, 11) is 0. The van der Waals surface area contributed by atoms with Gasteiger partial charge in [-0.2, -0.15) is 0 Å². The molecule has 0 fully saturated rings. The summed E-state index contributed by atoms with van der Waals surface area (Å²) in [5, 5.41) is 2.46. The highest BCUT2D eigenvalue weighted by Gasteiger charge is 2.24. The van der Waals surface area contributed by atoms with Crippen molar-refractivity contribution in [2.24, 2.45) is 5.41 Å². The molecular weight excluding hydrogens is 170 g/mol. The summed E-state index contributed by atoms with van der Waals surface area (Å²) < 4.78 is 0. The fraction of sp³-hybridized carbons (Fsp3) is 0.444. The highest BCUT2D eigenvalue weighted by Crippen LogP contribution is 2.27. The van der Waals surface area contributed by atoms with E-state index in [9.17, 15) is 4.79 Å². The SMILES string of the molecule is CC(C)(C)C(=O)c1ccsc1N. The van der Waals surface area contributed by atoms with Crippen LogP contribution in [0.4, 0.5) is 5.00 Å². The molecule has 0 spiro atoms. The Labute approximate surface area is 76.4 Å². The van der Waals surface area contributed by atoms with Gasteiger partial charge in [-0.1, -0.05) is 20.8 Å². The van der Waals surface area contributed by atoms with Crippen LogP contribution in [-0.4, -0.2) is 5.78 Å². The van der Waals surface area contributed by atoms with E-state index >= 15 is 0 Å². The lowest BCUT2D eigenvalue weighted by atomic mass is 9.87. The van der Waals surface area contributed by atoms with Crippen LogP contribution in [0.1, 0.15) is 31.1 Å². The lowest BCUT2D eigenvalue weighted by molar-refractivity contribution is 0.0860. The first kappa shape index (κ1) is 9.26. The Bertz CT molecular complexity index is 296. The second kappa shape index (κ2) is 2.90. The Morgan fingerprint density at radius 1 is 1.50 bits per heavy atom. The van der Waals surface area contributed by atoms with Crippen LogP contribution >= 0.6 is 11.3 Å². The monoisotopic (exact) mass is 183 g/mol. The zero-order chi connectivity index (χ0) is 9.35. The summed E-state index contributed by atoms with van der Waals surface area (Å²) in [5.74, 6) is 0.112. The van der Waals surface area contributed by atoms with Crippen molar-refractivity contribution in [2.75, 3.05) is 5.73 Å². The second-order valence-corrected chi connectivity index (χ2v) is 4.73. The van der Waals surface area contributed by atoms with Crippen molar-refractivity contribution in [2.45, 2.75) is 20.8 Å². The number of thiophene rings is 1. The number of Topliss-reactive ketones (excluding diaryl/α,β-unsaturated/α-hetero) is 1. The number of anilines is 1. The van der Waals surface area contributed by atoms with Crippen LogP contribution in [0.3, 0.4) is 0 Å². The fourth-order valence-corrected chi connectivity index (χ4v) is 1.55. The van der Waals surface area contributed by atoms with Crippen molar-refractivity contribution in [1.29, 1.82) is 0 Å². The van der Waals surface area contributed by atoms with Gasteiger partial charge in [0.15, 0.2) is 5.78 Å².